The summed E-state index contributed by atoms with van der Waals surface area (Å²) in [5.41, 5.74) is -3.50. The summed E-state index contributed by atoms with van der Waals surface area (Å²) in [4.78, 5) is 11.8. The van der Waals surface area contributed by atoms with Gasteiger partial charge in [0.1, 0.15) is 5.82 Å². The Bertz CT molecular complexity index is 732. The zero-order valence-corrected chi connectivity index (χ0v) is 12.9. The molecule has 3 N–H and O–H groups in total. The molecule has 0 atom stereocenters. The maximum absolute atomic E-state index is 12.9. The van der Waals surface area contributed by atoms with Crippen molar-refractivity contribution in [3.63, 3.8) is 0 Å². The summed E-state index contributed by atoms with van der Waals surface area (Å²) in [6.07, 6.45) is -11.8. The number of alkyl halides is 6. The molecule has 0 bridgehead atoms. The van der Waals surface area contributed by atoms with Gasteiger partial charge in [0.15, 0.2) is 0 Å². The van der Waals surface area contributed by atoms with E-state index in [9.17, 15) is 43.9 Å². The summed E-state index contributed by atoms with van der Waals surface area (Å²) in [6.45, 7) is -0.340. The molecule has 0 aromatic heterocycles. The Kier molecular flexibility index (Phi) is 5.59. The number of nitrogens with one attached hydrogen (secondary N) is 3. The second-order valence-corrected chi connectivity index (χ2v) is 6.44. The van der Waals surface area contributed by atoms with Gasteiger partial charge in [-0.05, 0) is 25.1 Å². The first-order valence-corrected chi connectivity index (χ1v) is 7.57. The molecule has 6 nitrogen and oxygen atoms in total. The predicted molar refractivity (Wildman–Crippen MR) is 68.9 cm³/mol. The summed E-state index contributed by atoms with van der Waals surface area (Å²) < 4.78 is 112. The molecule has 1 aromatic carbocycles. The lowest BCUT2D eigenvalue weighted by Crippen LogP contribution is -2.67. The molecule has 25 heavy (non-hydrogen) atoms. The Morgan fingerprint density at radius 1 is 1.04 bits per heavy atom. The number of hydrogen-bond acceptors (Lipinski definition) is 3. The van der Waals surface area contributed by atoms with E-state index in [1.165, 1.54) is 4.83 Å². The molecule has 0 saturated carbocycles. The van der Waals surface area contributed by atoms with Crippen LogP contribution in [0.1, 0.15) is 6.92 Å². The van der Waals surface area contributed by atoms with E-state index < -0.39 is 44.7 Å². The molecule has 0 saturated heterocycles. The lowest BCUT2D eigenvalue weighted by atomic mass is 10.0. The highest BCUT2D eigenvalue weighted by Crippen LogP contribution is 2.42. The van der Waals surface area contributed by atoms with E-state index in [4.69, 9.17) is 0 Å². The van der Waals surface area contributed by atoms with Crippen LogP contribution in [0.3, 0.4) is 0 Å². The Labute approximate surface area is 136 Å². The van der Waals surface area contributed by atoms with Crippen LogP contribution in [-0.4, -0.2) is 32.3 Å². The predicted octanol–water partition coefficient (Wildman–Crippen LogP) is 2.20. The maximum atomic E-state index is 12.9. The van der Waals surface area contributed by atoms with E-state index in [2.05, 4.69) is 0 Å². The summed E-state index contributed by atoms with van der Waals surface area (Å²) >= 11 is 0. The third-order valence-electron chi connectivity index (χ3n) is 2.90. The van der Waals surface area contributed by atoms with Gasteiger partial charge < -0.3 is 5.32 Å². The Balaban J connectivity index is 2.89. The lowest BCUT2D eigenvalue weighted by molar-refractivity contribution is -0.297. The van der Waals surface area contributed by atoms with Crippen molar-refractivity contribution >= 4 is 16.1 Å². The summed E-state index contributed by atoms with van der Waals surface area (Å²) in [7, 11) is -4.63. The van der Waals surface area contributed by atoms with E-state index in [0.717, 1.165) is 23.6 Å². The minimum Gasteiger partial charge on any atom is -0.315 e. The van der Waals surface area contributed by atoms with Crippen LogP contribution in [0.2, 0.25) is 0 Å². The maximum Gasteiger partial charge on any atom is 0.420 e. The molecule has 0 aliphatic heterocycles. The summed E-state index contributed by atoms with van der Waals surface area (Å²) in [5, 5.41) is 0.608. The van der Waals surface area contributed by atoms with Gasteiger partial charge >= 0.3 is 18.4 Å². The van der Waals surface area contributed by atoms with Crippen LogP contribution in [0.4, 0.5) is 35.5 Å². The number of hydrogen-bond donors (Lipinski definition) is 3. The number of urea groups is 1. The normalized spacial score (nSPS) is 13.4. The first-order valence-electron chi connectivity index (χ1n) is 6.09. The quantitative estimate of drug-likeness (QED) is 0.538. The number of halogens is 7. The van der Waals surface area contributed by atoms with Crippen LogP contribution < -0.4 is 15.6 Å². The molecule has 0 heterocycles. The molecule has 0 unspecified atom stereocenters. The highest BCUT2D eigenvalue weighted by atomic mass is 32.2. The number of benzene rings is 1. The van der Waals surface area contributed by atoms with E-state index in [1.807, 2.05) is 0 Å². The van der Waals surface area contributed by atoms with Gasteiger partial charge in [-0.15, -0.1) is 4.83 Å². The molecule has 1 rings (SSSR count). The van der Waals surface area contributed by atoms with Crippen LogP contribution in [0.25, 0.3) is 0 Å². The highest BCUT2D eigenvalue weighted by molar-refractivity contribution is 7.89. The molecule has 142 valence electrons. The van der Waals surface area contributed by atoms with Crippen molar-refractivity contribution in [1.82, 2.24) is 15.6 Å². The zero-order chi connectivity index (χ0) is 19.7. The van der Waals surface area contributed by atoms with Crippen LogP contribution in [0.15, 0.2) is 29.2 Å². The van der Waals surface area contributed by atoms with Crippen molar-refractivity contribution in [2.75, 3.05) is 0 Å². The molecular weight excluding hydrogens is 387 g/mol. The molecule has 1 aromatic rings. The minimum absolute atomic E-state index is 0.340. The monoisotopic (exact) mass is 397 g/mol. The van der Waals surface area contributed by atoms with Gasteiger partial charge in [-0.1, -0.05) is 6.07 Å². The summed E-state index contributed by atoms with van der Waals surface area (Å²) in [5.74, 6) is -0.978. The van der Waals surface area contributed by atoms with Crippen molar-refractivity contribution in [3.8, 4) is 0 Å². The Morgan fingerprint density at radius 3 is 2.00 bits per heavy atom. The Hall–Kier alpha value is -2.09. The van der Waals surface area contributed by atoms with Gasteiger partial charge in [-0.2, -0.15) is 26.3 Å². The largest absolute Gasteiger partial charge is 0.420 e. The fourth-order valence-corrected chi connectivity index (χ4v) is 2.24. The molecule has 0 aliphatic carbocycles. The molecule has 0 fully saturated rings. The van der Waals surface area contributed by atoms with Crippen molar-refractivity contribution in [3.05, 3.63) is 30.1 Å². The first kappa shape index (κ1) is 21.0. The van der Waals surface area contributed by atoms with E-state index in [1.54, 1.807) is 0 Å². The van der Waals surface area contributed by atoms with Crippen LogP contribution in [0.5, 0.6) is 0 Å². The van der Waals surface area contributed by atoms with E-state index >= 15 is 0 Å². The smallest absolute Gasteiger partial charge is 0.315 e. The number of amides is 2. The lowest BCUT2D eigenvalue weighted by Gasteiger charge is -2.34. The number of sulfonamides is 1. The van der Waals surface area contributed by atoms with E-state index in [0.29, 0.717) is 11.4 Å². The second-order valence-electron chi connectivity index (χ2n) is 4.76. The van der Waals surface area contributed by atoms with Crippen LogP contribution in [0, 0.1) is 5.82 Å². The third-order valence-corrected chi connectivity index (χ3v) is 4.15. The number of carbonyl (C=O) groups excluding carboxylic acids is 1. The third kappa shape index (κ3) is 4.72. The van der Waals surface area contributed by atoms with Gasteiger partial charge in [0.25, 0.3) is 10.0 Å². The van der Waals surface area contributed by atoms with Crippen molar-refractivity contribution in [1.29, 1.82) is 0 Å². The Morgan fingerprint density at radius 2 is 1.56 bits per heavy atom. The van der Waals surface area contributed by atoms with Gasteiger partial charge in [0, 0.05) is 0 Å². The van der Waals surface area contributed by atoms with Gasteiger partial charge in [0.2, 0.25) is 5.54 Å². The fraction of sp³-hybridized carbons (Fsp3) is 0.364. The van der Waals surface area contributed by atoms with Crippen LogP contribution >= 0.6 is 0 Å². The van der Waals surface area contributed by atoms with Gasteiger partial charge in [0.05, 0.1) is 4.90 Å². The molecule has 0 radical (unpaired) electrons. The number of hydrazine groups is 1. The average molecular weight is 397 g/mol. The number of rotatable bonds is 4. The standard InChI is InChI=1S/C11H10F7N3O3S/c1-9(10(13,14)15,11(16,17)18)19-8(22)20-21-25(23,24)7-4-2-3-6(12)5-7/h2-5,21H,1H3,(H2,19,20,22). The SMILES string of the molecule is CC(NC(=O)NNS(=O)(=O)c1cccc(F)c1)(C(F)(F)F)C(F)(F)F. The zero-order valence-electron chi connectivity index (χ0n) is 12.1. The highest BCUT2D eigenvalue weighted by Gasteiger charge is 2.68. The molecule has 2 amide bonds. The second kappa shape index (κ2) is 6.67. The minimum atomic E-state index is -5.91. The topological polar surface area (TPSA) is 87.3 Å². The van der Waals surface area contributed by atoms with Crippen molar-refractivity contribution in [2.45, 2.75) is 29.7 Å². The van der Waals surface area contributed by atoms with Crippen molar-refractivity contribution in [2.24, 2.45) is 0 Å². The van der Waals surface area contributed by atoms with Gasteiger partial charge in [-0.3, -0.25) is 5.43 Å². The van der Waals surface area contributed by atoms with Crippen LogP contribution in [-0.2, 0) is 10.0 Å². The van der Waals surface area contributed by atoms with Crippen molar-refractivity contribution < 1.29 is 43.9 Å². The average Bonchev–Trinajstić information content (AvgIpc) is 2.43. The fourth-order valence-electron chi connectivity index (χ4n) is 1.37. The molecule has 14 heteroatoms. The molecule has 0 aliphatic rings. The number of carbonyl (C=O) groups is 1. The molecular formula is C11H10F7N3O3S. The molecule has 0 spiro atoms. The van der Waals surface area contributed by atoms with Gasteiger partial charge in [-0.25, -0.2) is 17.6 Å². The van der Waals surface area contributed by atoms with E-state index in [-0.39, 0.29) is 6.92 Å². The summed E-state index contributed by atoms with van der Waals surface area (Å²) in [6, 6.07) is 1.13. The first-order chi connectivity index (χ1) is 11.1.